The highest BCUT2D eigenvalue weighted by atomic mass is 16.5. The third-order valence-electron chi connectivity index (χ3n) is 3.75. The van der Waals surface area contributed by atoms with Crippen LogP contribution in [0.5, 0.6) is 0 Å². The fourth-order valence-corrected chi connectivity index (χ4v) is 2.65. The zero-order valence-electron chi connectivity index (χ0n) is 10.9. The van der Waals surface area contributed by atoms with Gasteiger partial charge in [-0.05, 0) is 45.1 Å². The van der Waals surface area contributed by atoms with Crippen molar-refractivity contribution in [3.63, 3.8) is 0 Å². The topological polar surface area (TPSA) is 38.8 Å². The van der Waals surface area contributed by atoms with Crippen molar-refractivity contribution in [2.75, 3.05) is 27.3 Å². The van der Waals surface area contributed by atoms with Crippen molar-refractivity contribution < 1.29 is 14.3 Å². The Labute approximate surface area is 103 Å². The Kier molecular flexibility index (Phi) is 4.40. The normalized spacial score (nSPS) is 26.9. The molecule has 0 N–H and O–H groups in total. The molecule has 0 radical (unpaired) electrons. The van der Waals surface area contributed by atoms with Gasteiger partial charge in [-0.1, -0.05) is 0 Å². The Morgan fingerprint density at radius 3 is 2.71 bits per heavy atom. The minimum absolute atomic E-state index is 0.0643. The van der Waals surface area contributed by atoms with Crippen LogP contribution in [-0.2, 0) is 14.3 Å². The van der Waals surface area contributed by atoms with Crippen LogP contribution in [0, 0.1) is 5.92 Å². The number of likely N-dealkylation sites (N-methyl/N-ethyl adjacent to an activating group) is 1. The average Bonchev–Trinajstić information content (AvgIpc) is 3.15. The summed E-state index contributed by atoms with van der Waals surface area (Å²) in [6, 6.07) is -0.0643. The lowest BCUT2D eigenvalue weighted by atomic mass is 10.1. The van der Waals surface area contributed by atoms with E-state index >= 15 is 0 Å². The summed E-state index contributed by atoms with van der Waals surface area (Å²) in [6.07, 6.45) is 6.11. The van der Waals surface area contributed by atoms with Crippen molar-refractivity contribution in [3.8, 4) is 0 Å². The molecule has 98 valence electrons. The molecule has 0 bridgehead atoms. The molecule has 1 heterocycles. The Bertz CT molecular complexity index is 259. The number of carbonyl (C=O) groups excluding carboxylic acids is 1. The van der Waals surface area contributed by atoms with Crippen LogP contribution in [0.4, 0.5) is 0 Å². The lowest BCUT2D eigenvalue weighted by Gasteiger charge is -2.31. The fourth-order valence-electron chi connectivity index (χ4n) is 2.65. The second-order valence-corrected chi connectivity index (χ2v) is 5.23. The molecular formula is C13H23NO3. The van der Waals surface area contributed by atoms with Crippen molar-refractivity contribution in [2.45, 2.75) is 44.2 Å². The summed E-state index contributed by atoms with van der Waals surface area (Å²) in [6.45, 7) is 1.71. The van der Waals surface area contributed by atoms with E-state index in [2.05, 4.69) is 4.90 Å². The van der Waals surface area contributed by atoms with Crippen molar-refractivity contribution in [2.24, 2.45) is 5.92 Å². The van der Waals surface area contributed by atoms with Crippen LogP contribution < -0.4 is 0 Å². The molecule has 0 aromatic carbocycles. The molecule has 17 heavy (non-hydrogen) atoms. The van der Waals surface area contributed by atoms with Crippen LogP contribution >= 0.6 is 0 Å². The molecule has 1 saturated heterocycles. The highest BCUT2D eigenvalue weighted by Crippen LogP contribution is 2.35. The largest absolute Gasteiger partial charge is 0.468 e. The number of methoxy groups -OCH3 is 1. The number of nitrogens with zero attached hydrogens (tertiary/aromatic N) is 1. The minimum atomic E-state index is -0.0918. The Morgan fingerprint density at radius 1 is 1.41 bits per heavy atom. The van der Waals surface area contributed by atoms with Crippen molar-refractivity contribution in [3.05, 3.63) is 0 Å². The van der Waals surface area contributed by atoms with Gasteiger partial charge < -0.3 is 9.47 Å². The molecule has 2 fully saturated rings. The second kappa shape index (κ2) is 5.83. The monoisotopic (exact) mass is 241 g/mol. The number of hydrogen-bond acceptors (Lipinski definition) is 4. The number of rotatable bonds is 5. The van der Waals surface area contributed by atoms with Crippen LogP contribution in [-0.4, -0.2) is 50.3 Å². The minimum Gasteiger partial charge on any atom is -0.468 e. The van der Waals surface area contributed by atoms with Crippen LogP contribution in [0.3, 0.4) is 0 Å². The molecule has 2 atom stereocenters. The third-order valence-corrected chi connectivity index (χ3v) is 3.75. The van der Waals surface area contributed by atoms with E-state index < -0.39 is 0 Å². The van der Waals surface area contributed by atoms with E-state index in [1.807, 2.05) is 7.05 Å². The summed E-state index contributed by atoms with van der Waals surface area (Å²) >= 11 is 0. The van der Waals surface area contributed by atoms with Gasteiger partial charge in [-0.25, -0.2) is 0 Å². The molecule has 4 nitrogen and oxygen atoms in total. The lowest BCUT2D eigenvalue weighted by molar-refractivity contribution is -0.148. The second-order valence-electron chi connectivity index (χ2n) is 5.23. The van der Waals surface area contributed by atoms with Gasteiger partial charge in [-0.2, -0.15) is 0 Å². The SMILES string of the molecule is COC(=O)C(C1CC1)N(C)CC1CCCCO1. The molecule has 0 amide bonds. The Morgan fingerprint density at radius 2 is 2.18 bits per heavy atom. The molecule has 0 aromatic heterocycles. The van der Waals surface area contributed by atoms with Gasteiger partial charge in [0.2, 0.25) is 0 Å². The smallest absolute Gasteiger partial charge is 0.323 e. The first-order valence-corrected chi connectivity index (χ1v) is 6.62. The number of ether oxygens (including phenoxy) is 2. The molecule has 1 saturated carbocycles. The zero-order valence-corrected chi connectivity index (χ0v) is 10.9. The van der Waals surface area contributed by atoms with Gasteiger partial charge in [0.15, 0.2) is 0 Å². The highest BCUT2D eigenvalue weighted by Gasteiger charge is 2.40. The van der Waals surface area contributed by atoms with E-state index in [1.165, 1.54) is 20.0 Å². The van der Waals surface area contributed by atoms with Gasteiger partial charge >= 0.3 is 5.97 Å². The molecule has 0 aromatic rings. The molecule has 1 aliphatic carbocycles. The van der Waals surface area contributed by atoms with E-state index in [1.54, 1.807) is 0 Å². The van der Waals surface area contributed by atoms with Gasteiger partial charge in [0.25, 0.3) is 0 Å². The summed E-state index contributed by atoms with van der Waals surface area (Å²) in [4.78, 5) is 13.9. The molecule has 0 spiro atoms. The van der Waals surface area contributed by atoms with E-state index in [9.17, 15) is 4.79 Å². The van der Waals surface area contributed by atoms with Crippen LogP contribution in [0.2, 0.25) is 0 Å². The first-order valence-electron chi connectivity index (χ1n) is 6.62. The Hall–Kier alpha value is -0.610. The summed E-state index contributed by atoms with van der Waals surface area (Å²) < 4.78 is 10.6. The maximum Gasteiger partial charge on any atom is 0.323 e. The maximum absolute atomic E-state index is 11.8. The molecule has 4 heteroatoms. The van der Waals surface area contributed by atoms with Gasteiger partial charge in [-0.3, -0.25) is 9.69 Å². The van der Waals surface area contributed by atoms with Crippen LogP contribution in [0.15, 0.2) is 0 Å². The molecule has 2 aliphatic rings. The average molecular weight is 241 g/mol. The predicted molar refractivity (Wildman–Crippen MR) is 64.7 cm³/mol. The van der Waals surface area contributed by atoms with Crippen molar-refractivity contribution in [1.29, 1.82) is 0 Å². The van der Waals surface area contributed by atoms with E-state index in [0.717, 1.165) is 32.4 Å². The number of hydrogen-bond donors (Lipinski definition) is 0. The first-order chi connectivity index (χ1) is 8.22. The lowest BCUT2D eigenvalue weighted by Crippen LogP contribution is -2.45. The molecule has 2 unspecified atom stereocenters. The van der Waals surface area contributed by atoms with Gasteiger partial charge in [-0.15, -0.1) is 0 Å². The molecule has 1 aliphatic heterocycles. The summed E-state index contributed by atoms with van der Waals surface area (Å²) in [5.74, 6) is 0.404. The predicted octanol–water partition coefficient (Wildman–Crippen LogP) is 1.44. The maximum atomic E-state index is 11.8. The van der Waals surface area contributed by atoms with E-state index in [-0.39, 0.29) is 12.0 Å². The standard InChI is InChI=1S/C13H23NO3/c1-14(9-11-5-3-4-8-17-11)12(10-6-7-10)13(15)16-2/h10-12H,3-9H2,1-2H3. The zero-order chi connectivity index (χ0) is 12.3. The van der Waals surface area contributed by atoms with Crippen molar-refractivity contribution in [1.82, 2.24) is 4.90 Å². The molecular weight excluding hydrogens is 218 g/mol. The number of carbonyl (C=O) groups is 1. The molecule has 2 rings (SSSR count). The van der Waals surface area contributed by atoms with Crippen LogP contribution in [0.1, 0.15) is 32.1 Å². The van der Waals surface area contributed by atoms with E-state index in [4.69, 9.17) is 9.47 Å². The Balaban J connectivity index is 1.86. The fraction of sp³-hybridized carbons (Fsp3) is 0.923. The van der Waals surface area contributed by atoms with Gasteiger partial charge in [0.05, 0.1) is 13.2 Å². The van der Waals surface area contributed by atoms with E-state index in [0.29, 0.717) is 12.0 Å². The van der Waals surface area contributed by atoms with Crippen LogP contribution in [0.25, 0.3) is 0 Å². The summed E-state index contributed by atoms with van der Waals surface area (Å²) in [7, 11) is 3.49. The number of esters is 1. The first kappa shape index (κ1) is 12.8. The van der Waals surface area contributed by atoms with Gasteiger partial charge in [0, 0.05) is 13.2 Å². The van der Waals surface area contributed by atoms with Crippen molar-refractivity contribution >= 4 is 5.97 Å². The summed E-state index contributed by atoms with van der Waals surface area (Å²) in [5.41, 5.74) is 0. The third kappa shape index (κ3) is 3.42. The quantitative estimate of drug-likeness (QED) is 0.683. The highest BCUT2D eigenvalue weighted by molar-refractivity contribution is 5.76. The summed E-state index contributed by atoms with van der Waals surface area (Å²) in [5, 5.41) is 0. The van der Waals surface area contributed by atoms with Gasteiger partial charge in [0.1, 0.15) is 6.04 Å².